The van der Waals surface area contributed by atoms with E-state index in [4.69, 9.17) is 4.74 Å². The Bertz CT molecular complexity index is 695. The standard InChI is InChI=1S/C18H19FN2O2/c1-12-16(18(22)20-11-15-3-2-10-23-15)8-9-17(21-12)13-4-6-14(19)7-5-13/h4-9,15H,2-3,10-11H2,1H3,(H,20,22). The second-order valence-electron chi connectivity index (χ2n) is 5.68. The monoisotopic (exact) mass is 314 g/mol. The minimum atomic E-state index is -0.282. The third kappa shape index (κ3) is 3.74. The number of rotatable bonds is 4. The average Bonchev–Trinajstić information content (AvgIpc) is 3.06. The summed E-state index contributed by atoms with van der Waals surface area (Å²) in [5.41, 5.74) is 2.74. The number of carbonyl (C=O) groups excluding carboxylic acids is 1. The maximum atomic E-state index is 13.0. The van der Waals surface area contributed by atoms with Gasteiger partial charge in [-0.1, -0.05) is 0 Å². The molecule has 2 aromatic rings. The molecule has 5 heteroatoms. The summed E-state index contributed by atoms with van der Waals surface area (Å²) in [7, 11) is 0. The summed E-state index contributed by atoms with van der Waals surface area (Å²) < 4.78 is 18.5. The molecule has 1 unspecified atom stereocenters. The molecule has 3 rings (SSSR count). The van der Waals surface area contributed by atoms with Crippen LogP contribution in [0.2, 0.25) is 0 Å². The van der Waals surface area contributed by atoms with E-state index in [0.29, 0.717) is 17.8 Å². The number of pyridine rings is 1. The lowest BCUT2D eigenvalue weighted by Crippen LogP contribution is -2.32. The lowest BCUT2D eigenvalue weighted by Gasteiger charge is -2.12. The molecule has 1 aliphatic rings. The highest BCUT2D eigenvalue weighted by Gasteiger charge is 2.17. The summed E-state index contributed by atoms with van der Waals surface area (Å²) in [5.74, 6) is -0.424. The first kappa shape index (κ1) is 15.6. The molecule has 0 radical (unpaired) electrons. The van der Waals surface area contributed by atoms with Gasteiger partial charge >= 0.3 is 0 Å². The van der Waals surface area contributed by atoms with Crippen molar-refractivity contribution in [3.63, 3.8) is 0 Å². The first-order valence-corrected chi connectivity index (χ1v) is 7.77. The molecular formula is C18H19FN2O2. The molecule has 1 aromatic carbocycles. The van der Waals surface area contributed by atoms with Gasteiger partial charge in [-0.15, -0.1) is 0 Å². The van der Waals surface area contributed by atoms with Gasteiger partial charge in [0.2, 0.25) is 0 Å². The van der Waals surface area contributed by atoms with Crippen LogP contribution >= 0.6 is 0 Å². The van der Waals surface area contributed by atoms with Gasteiger partial charge in [0.15, 0.2) is 0 Å². The molecule has 1 aliphatic heterocycles. The molecule has 1 N–H and O–H groups in total. The largest absolute Gasteiger partial charge is 0.376 e. The summed E-state index contributed by atoms with van der Waals surface area (Å²) >= 11 is 0. The smallest absolute Gasteiger partial charge is 0.253 e. The Hall–Kier alpha value is -2.27. The van der Waals surface area contributed by atoms with Gasteiger partial charge in [-0.2, -0.15) is 0 Å². The number of amides is 1. The zero-order valence-electron chi connectivity index (χ0n) is 13.0. The van der Waals surface area contributed by atoms with Crippen LogP contribution in [0.3, 0.4) is 0 Å². The van der Waals surface area contributed by atoms with Crippen LogP contribution in [0.1, 0.15) is 28.9 Å². The molecule has 1 amide bonds. The van der Waals surface area contributed by atoms with Crippen LogP contribution in [-0.4, -0.2) is 30.1 Å². The fraction of sp³-hybridized carbons (Fsp3) is 0.333. The predicted octanol–water partition coefficient (Wildman–Crippen LogP) is 3.10. The highest BCUT2D eigenvalue weighted by Crippen LogP contribution is 2.19. The van der Waals surface area contributed by atoms with Crippen LogP contribution in [0.5, 0.6) is 0 Å². The van der Waals surface area contributed by atoms with E-state index in [0.717, 1.165) is 30.7 Å². The number of benzene rings is 1. The van der Waals surface area contributed by atoms with Crippen molar-refractivity contribution in [2.45, 2.75) is 25.9 Å². The van der Waals surface area contributed by atoms with E-state index in [1.54, 1.807) is 31.2 Å². The Morgan fingerprint density at radius 2 is 2.09 bits per heavy atom. The SMILES string of the molecule is Cc1nc(-c2ccc(F)cc2)ccc1C(=O)NCC1CCCO1. The average molecular weight is 314 g/mol. The van der Waals surface area contributed by atoms with Gasteiger partial charge in [-0.25, -0.2) is 4.39 Å². The molecule has 23 heavy (non-hydrogen) atoms. The highest BCUT2D eigenvalue weighted by molar-refractivity contribution is 5.95. The lowest BCUT2D eigenvalue weighted by molar-refractivity contribution is 0.0857. The van der Waals surface area contributed by atoms with Crippen molar-refractivity contribution in [3.8, 4) is 11.3 Å². The first-order valence-electron chi connectivity index (χ1n) is 7.77. The molecule has 0 aliphatic carbocycles. The number of ether oxygens (including phenoxy) is 1. The van der Waals surface area contributed by atoms with E-state index in [1.165, 1.54) is 12.1 Å². The molecule has 1 fully saturated rings. The van der Waals surface area contributed by atoms with Crippen molar-refractivity contribution in [2.24, 2.45) is 0 Å². The summed E-state index contributed by atoms with van der Waals surface area (Å²) in [5, 5.41) is 2.89. The zero-order valence-corrected chi connectivity index (χ0v) is 13.0. The lowest BCUT2D eigenvalue weighted by atomic mass is 10.1. The van der Waals surface area contributed by atoms with Crippen LogP contribution in [0, 0.1) is 12.7 Å². The van der Waals surface area contributed by atoms with Gasteiger partial charge in [0.1, 0.15) is 5.82 Å². The third-order valence-electron chi connectivity index (χ3n) is 3.98. The van der Waals surface area contributed by atoms with Gasteiger partial charge < -0.3 is 10.1 Å². The van der Waals surface area contributed by atoms with E-state index in [-0.39, 0.29) is 17.8 Å². The van der Waals surface area contributed by atoms with Crippen molar-refractivity contribution in [1.29, 1.82) is 0 Å². The number of nitrogens with one attached hydrogen (secondary N) is 1. The third-order valence-corrected chi connectivity index (χ3v) is 3.98. The maximum Gasteiger partial charge on any atom is 0.253 e. The number of aryl methyl sites for hydroxylation is 1. The van der Waals surface area contributed by atoms with Gasteiger partial charge in [0.25, 0.3) is 5.91 Å². The molecule has 0 spiro atoms. The normalized spacial score (nSPS) is 17.2. The Morgan fingerprint density at radius 3 is 2.74 bits per heavy atom. The minimum Gasteiger partial charge on any atom is -0.376 e. The van der Waals surface area contributed by atoms with Crippen molar-refractivity contribution < 1.29 is 13.9 Å². The van der Waals surface area contributed by atoms with Crippen LogP contribution in [0.4, 0.5) is 4.39 Å². The van der Waals surface area contributed by atoms with Gasteiger partial charge in [-0.3, -0.25) is 9.78 Å². The molecular weight excluding hydrogens is 295 g/mol. The Balaban J connectivity index is 1.70. The second-order valence-corrected chi connectivity index (χ2v) is 5.68. The number of carbonyl (C=O) groups is 1. The molecule has 4 nitrogen and oxygen atoms in total. The van der Waals surface area contributed by atoms with Crippen molar-refractivity contribution in [1.82, 2.24) is 10.3 Å². The van der Waals surface area contributed by atoms with E-state index in [2.05, 4.69) is 10.3 Å². The first-order chi connectivity index (χ1) is 11.1. The predicted molar refractivity (Wildman–Crippen MR) is 85.7 cm³/mol. The molecule has 0 saturated carbocycles. The van der Waals surface area contributed by atoms with Crippen LogP contribution in [0.15, 0.2) is 36.4 Å². The van der Waals surface area contributed by atoms with Gasteiger partial charge in [0.05, 0.1) is 23.1 Å². The number of hydrogen-bond acceptors (Lipinski definition) is 3. The summed E-state index contributed by atoms with van der Waals surface area (Å²) in [6.45, 7) is 3.10. The van der Waals surface area contributed by atoms with E-state index < -0.39 is 0 Å². The fourth-order valence-electron chi connectivity index (χ4n) is 2.69. The highest BCUT2D eigenvalue weighted by atomic mass is 19.1. The molecule has 2 heterocycles. The summed E-state index contributed by atoms with van der Waals surface area (Å²) in [6.07, 6.45) is 2.15. The Labute approximate surface area is 134 Å². The van der Waals surface area contributed by atoms with Gasteiger partial charge in [-0.05, 0) is 56.2 Å². The van der Waals surface area contributed by atoms with Crippen molar-refractivity contribution >= 4 is 5.91 Å². The Morgan fingerprint density at radius 1 is 1.30 bits per heavy atom. The van der Waals surface area contributed by atoms with Crippen LogP contribution < -0.4 is 5.32 Å². The number of hydrogen-bond donors (Lipinski definition) is 1. The summed E-state index contributed by atoms with van der Waals surface area (Å²) in [4.78, 5) is 16.7. The Kier molecular flexibility index (Phi) is 4.67. The van der Waals surface area contributed by atoms with Crippen molar-refractivity contribution in [3.05, 3.63) is 53.5 Å². The topological polar surface area (TPSA) is 51.2 Å². The zero-order chi connectivity index (χ0) is 16.2. The van der Waals surface area contributed by atoms with Crippen molar-refractivity contribution in [2.75, 3.05) is 13.2 Å². The van der Waals surface area contributed by atoms with Crippen LogP contribution in [0.25, 0.3) is 11.3 Å². The minimum absolute atomic E-state index is 0.116. The number of aromatic nitrogens is 1. The second kappa shape index (κ2) is 6.87. The van der Waals surface area contributed by atoms with Gasteiger partial charge in [0, 0.05) is 18.7 Å². The molecule has 1 saturated heterocycles. The van der Waals surface area contributed by atoms with E-state index in [9.17, 15) is 9.18 Å². The van der Waals surface area contributed by atoms with E-state index >= 15 is 0 Å². The maximum absolute atomic E-state index is 13.0. The quantitative estimate of drug-likeness (QED) is 0.943. The number of nitrogens with zero attached hydrogens (tertiary/aromatic N) is 1. The fourth-order valence-corrected chi connectivity index (χ4v) is 2.69. The molecule has 0 bridgehead atoms. The molecule has 1 atom stereocenters. The number of halogens is 1. The van der Waals surface area contributed by atoms with Crippen LogP contribution in [-0.2, 0) is 4.74 Å². The van der Waals surface area contributed by atoms with E-state index in [1.807, 2.05) is 0 Å². The molecule has 1 aromatic heterocycles. The molecule has 120 valence electrons. The summed E-state index contributed by atoms with van der Waals surface area (Å²) in [6, 6.07) is 9.68.